The summed E-state index contributed by atoms with van der Waals surface area (Å²) in [6.07, 6.45) is 2.82. The molecule has 0 aromatic rings. The minimum atomic E-state index is -3.23. The highest BCUT2D eigenvalue weighted by Crippen LogP contribution is 2.09. The Balaban J connectivity index is 0.00000256. The molecule has 0 saturated carbocycles. The summed E-state index contributed by atoms with van der Waals surface area (Å²) in [5, 5.41) is 3.21. The molecule has 1 aliphatic heterocycles. The van der Waals surface area contributed by atoms with Crippen LogP contribution < -0.4 is 5.32 Å². The zero-order valence-electron chi connectivity index (χ0n) is 10.7. The van der Waals surface area contributed by atoms with Gasteiger partial charge in [-0.05, 0) is 19.4 Å². The molecule has 0 bridgehead atoms. The van der Waals surface area contributed by atoms with Gasteiger partial charge in [0.05, 0.1) is 0 Å². The molecule has 0 atom stereocenters. The Morgan fingerprint density at radius 1 is 1.29 bits per heavy atom. The molecule has 7 heteroatoms. The van der Waals surface area contributed by atoms with Crippen LogP contribution in [-0.2, 0) is 10.2 Å². The van der Waals surface area contributed by atoms with Crippen molar-refractivity contribution in [3.63, 3.8) is 0 Å². The summed E-state index contributed by atoms with van der Waals surface area (Å²) >= 11 is 0. The van der Waals surface area contributed by atoms with E-state index in [1.165, 1.54) is 4.31 Å². The van der Waals surface area contributed by atoms with Gasteiger partial charge in [-0.2, -0.15) is 17.0 Å². The van der Waals surface area contributed by atoms with Crippen LogP contribution in [0.15, 0.2) is 0 Å². The molecule has 1 rings (SSSR count). The molecule has 1 N–H and O–H groups in total. The minimum Gasteiger partial charge on any atom is -0.315 e. The van der Waals surface area contributed by atoms with Crippen molar-refractivity contribution in [2.75, 3.05) is 39.8 Å². The molecule has 1 fully saturated rings. The molecule has 1 aliphatic rings. The standard InChI is InChI=1S/C10H23N3O2S.ClH/c1-3-4-8-12(2)16(14,15)13-9-5-6-11-7-10-13;/h11H,3-10H2,1-2H3;1H. The zero-order valence-corrected chi connectivity index (χ0v) is 12.3. The summed E-state index contributed by atoms with van der Waals surface area (Å²) in [5.74, 6) is 0. The fraction of sp³-hybridized carbons (Fsp3) is 1.00. The Bertz CT molecular complexity index is 290. The largest absolute Gasteiger partial charge is 0.315 e. The van der Waals surface area contributed by atoms with Crippen molar-refractivity contribution >= 4 is 22.6 Å². The van der Waals surface area contributed by atoms with Gasteiger partial charge in [-0.25, -0.2) is 0 Å². The fourth-order valence-corrected chi connectivity index (χ4v) is 3.18. The van der Waals surface area contributed by atoms with Crippen LogP contribution in [0.2, 0.25) is 0 Å². The third-order valence-corrected chi connectivity index (χ3v) is 4.83. The van der Waals surface area contributed by atoms with Gasteiger partial charge in [0.25, 0.3) is 10.2 Å². The minimum absolute atomic E-state index is 0. The van der Waals surface area contributed by atoms with Crippen LogP contribution in [-0.4, -0.2) is 56.8 Å². The Morgan fingerprint density at radius 3 is 2.65 bits per heavy atom. The van der Waals surface area contributed by atoms with E-state index < -0.39 is 10.2 Å². The Morgan fingerprint density at radius 2 is 2.00 bits per heavy atom. The zero-order chi connectivity index (χ0) is 12.0. The van der Waals surface area contributed by atoms with Crippen molar-refractivity contribution in [1.82, 2.24) is 13.9 Å². The van der Waals surface area contributed by atoms with E-state index >= 15 is 0 Å². The van der Waals surface area contributed by atoms with Gasteiger partial charge in [-0.1, -0.05) is 13.3 Å². The first-order valence-corrected chi connectivity index (χ1v) is 7.41. The van der Waals surface area contributed by atoms with Crippen LogP contribution in [0.25, 0.3) is 0 Å². The number of hydrogen-bond acceptors (Lipinski definition) is 3. The van der Waals surface area contributed by atoms with Gasteiger partial charge in [-0.15, -0.1) is 12.4 Å². The summed E-state index contributed by atoms with van der Waals surface area (Å²) in [4.78, 5) is 0. The Labute approximate surface area is 111 Å². The highest BCUT2D eigenvalue weighted by atomic mass is 35.5. The lowest BCUT2D eigenvalue weighted by atomic mass is 10.3. The van der Waals surface area contributed by atoms with E-state index in [1.807, 2.05) is 0 Å². The van der Waals surface area contributed by atoms with Crippen LogP contribution in [0.4, 0.5) is 0 Å². The predicted octanol–water partition coefficient (Wildman–Crippen LogP) is 0.680. The molecule has 104 valence electrons. The molecule has 1 heterocycles. The van der Waals surface area contributed by atoms with Gasteiger partial charge in [0.2, 0.25) is 0 Å². The molecular weight excluding hydrogens is 262 g/mol. The first-order chi connectivity index (χ1) is 7.59. The number of rotatable bonds is 5. The molecular formula is C10H24ClN3O2S. The molecule has 0 aromatic carbocycles. The van der Waals surface area contributed by atoms with E-state index in [0.29, 0.717) is 19.6 Å². The van der Waals surface area contributed by atoms with Gasteiger partial charge in [0.1, 0.15) is 0 Å². The van der Waals surface area contributed by atoms with Crippen molar-refractivity contribution in [2.24, 2.45) is 0 Å². The number of unbranched alkanes of at least 4 members (excludes halogenated alkanes) is 1. The lowest BCUT2D eigenvalue weighted by molar-refractivity contribution is 0.367. The van der Waals surface area contributed by atoms with Crippen LogP contribution in [0.5, 0.6) is 0 Å². The Hall–Kier alpha value is 0.120. The summed E-state index contributed by atoms with van der Waals surface area (Å²) < 4.78 is 27.4. The van der Waals surface area contributed by atoms with E-state index in [0.717, 1.165) is 32.4 Å². The van der Waals surface area contributed by atoms with Crippen LogP contribution in [0.3, 0.4) is 0 Å². The van der Waals surface area contributed by atoms with E-state index in [4.69, 9.17) is 0 Å². The number of hydrogen-bond donors (Lipinski definition) is 1. The van der Waals surface area contributed by atoms with Crippen molar-refractivity contribution in [1.29, 1.82) is 0 Å². The third kappa shape index (κ3) is 5.09. The van der Waals surface area contributed by atoms with Crippen LogP contribution in [0.1, 0.15) is 26.2 Å². The lowest BCUT2D eigenvalue weighted by Gasteiger charge is -2.26. The first kappa shape index (κ1) is 17.1. The monoisotopic (exact) mass is 285 g/mol. The van der Waals surface area contributed by atoms with Crippen molar-refractivity contribution in [3.8, 4) is 0 Å². The first-order valence-electron chi connectivity index (χ1n) is 6.01. The molecule has 17 heavy (non-hydrogen) atoms. The van der Waals surface area contributed by atoms with Crippen LogP contribution in [0, 0.1) is 0 Å². The van der Waals surface area contributed by atoms with E-state index in [2.05, 4.69) is 12.2 Å². The molecule has 1 saturated heterocycles. The molecule has 0 spiro atoms. The molecule has 0 aliphatic carbocycles. The highest BCUT2D eigenvalue weighted by molar-refractivity contribution is 7.86. The van der Waals surface area contributed by atoms with Gasteiger partial charge in [0, 0.05) is 33.2 Å². The predicted molar refractivity (Wildman–Crippen MR) is 72.8 cm³/mol. The SMILES string of the molecule is CCCCN(C)S(=O)(=O)N1CCCNCC1.Cl. The van der Waals surface area contributed by atoms with Crippen molar-refractivity contribution in [2.45, 2.75) is 26.2 Å². The van der Waals surface area contributed by atoms with E-state index in [1.54, 1.807) is 11.4 Å². The lowest BCUT2D eigenvalue weighted by Crippen LogP contribution is -2.43. The maximum Gasteiger partial charge on any atom is 0.281 e. The van der Waals surface area contributed by atoms with E-state index in [-0.39, 0.29) is 12.4 Å². The maximum absolute atomic E-state index is 12.2. The van der Waals surface area contributed by atoms with Gasteiger partial charge in [-0.3, -0.25) is 0 Å². The number of nitrogens with zero attached hydrogens (tertiary/aromatic N) is 2. The summed E-state index contributed by atoms with van der Waals surface area (Å²) in [6, 6.07) is 0. The quantitative estimate of drug-likeness (QED) is 0.808. The average molecular weight is 286 g/mol. The third-order valence-electron chi connectivity index (χ3n) is 2.85. The topological polar surface area (TPSA) is 52.7 Å². The van der Waals surface area contributed by atoms with Gasteiger partial charge >= 0.3 is 0 Å². The molecule has 0 amide bonds. The molecule has 0 unspecified atom stereocenters. The summed E-state index contributed by atoms with van der Waals surface area (Å²) in [6.45, 7) is 5.55. The normalized spacial score (nSPS) is 18.8. The number of nitrogens with one attached hydrogen (secondary N) is 1. The molecule has 0 radical (unpaired) electrons. The van der Waals surface area contributed by atoms with E-state index in [9.17, 15) is 8.42 Å². The maximum atomic E-state index is 12.2. The second kappa shape index (κ2) is 8.26. The van der Waals surface area contributed by atoms with Gasteiger partial charge < -0.3 is 5.32 Å². The van der Waals surface area contributed by atoms with Gasteiger partial charge in [0.15, 0.2) is 0 Å². The summed E-state index contributed by atoms with van der Waals surface area (Å²) in [5.41, 5.74) is 0. The average Bonchev–Trinajstić information content (AvgIpc) is 2.54. The molecule has 0 aromatic heterocycles. The smallest absolute Gasteiger partial charge is 0.281 e. The second-order valence-corrected chi connectivity index (χ2v) is 6.22. The molecule has 5 nitrogen and oxygen atoms in total. The highest BCUT2D eigenvalue weighted by Gasteiger charge is 2.26. The summed E-state index contributed by atoms with van der Waals surface area (Å²) in [7, 11) is -1.56. The Kier molecular flexibility index (Phi) is 8.32. The second-order valence-electron chi connectivity index (χ2n) is 4.19. The van der Waals surface area contributed by atoms with Crippen molar-refractivity contribution in [3.05, 3.63) is 0 Å². The fourth-order valence-electron chi connectivity index (χ4n) is 1.74. The number of halogens is 1. The van der Waals surface area contributed by atoms with Crippen molar-refractivity contribution < 1.29 is 8.42 Å². The van der Waals surface area contributed by atoms with Crippen LogP contribution >= 0.6 is 12.4 Å².